The summed E-state index contributed by atoms with van der Waals surface area (Å²) in [6, 6.07) is 10.3. The van der Waals surface area contributed by atoms with Gasteiger partial charge in [0.1, 0.15) is 28.3 Å². The van der Waals surface area contributed by atoms with E-state index in [1.54, 1.807) is 11.0 Å². The number of nitrogens with one attached hydrogen (secondary N) is 3. The molecule has 2 heterocycles. The maximum atomic E-state index is 13.6. The number of halogens is 2. The van der Waals surface area contributed by atoms with Crippen LogP contribution in [0.15, 0.2) is 41.3 Å². The summed E-state index contributed by atoms with van der Waals surface area (Å²) in [5.74, 6) is 0.414. The Balaban J connectivity index is 1.47. The van der Waals surface area contributed by atoms with Crippen LogP contribution in [0.2, 0.25) is 10.0 Å². The summed E-state index contributed by atoms with van der Waals surface area (Å²) in [5.41, 5.74) is 6.91. The minimum absolute atomic E-state index is 0.0944. The molecule has 0 aliphatic carbocycles. The molecule has 1 aliphatic rings. The van der Waals surface area contributed by atoms with Gasteiger partial charge in [0.25, 0.3) is 0 Å². The number of aryl methyl sites for hydroxylation is 2. The topological polar surface area (TPSA) is 154 Å². The second kappa shape index (κ2) is 13.9. The summed E-state index contributed by atoms with van der Waals surface area (Å²) in [5, 5.41) is 12.3. The van der Waals surface area contributed by atoms with Crippen LogP contribution in [-0.4, -0.2) is 79.9 Å². The largest absolute Gasteiger partial charge is 0.487 e. The molecule has 0 spiro atoms. The first kappa shape index (κ1) is 33.7. The molecule has 3 aromatic rings. The lowest BCUT2D eigenvalue weighted by Crippen LogP contribution is -2.60. The number of aromatic nitrogens is 1. The summed E-state index contributed by atoms with van der Waals surface area (Å²) in [7, 11) is -4.26. The third-order valence-corrected chi connectivity index (χ3v) is 10.0. The van der Waals surface area contributed by atoms with Crippen molar-refractivity contribution in [2.45, 2.75) is 51.2 Å². The summed E-state index contributed by atoms with van der Waals surface area (Å²) in [6.45, 7) is 9.54. The first-order chi connectivity index (χ1) is 20.7. The van der Waals surface area contributed by atoms with Crippen molar-refractivity contribution in [3.8, 4) is 5.75 Å². The first-order valence-electron chi connectivity index (χ1n) is 14.3. The van der Waals surface area contributed by atoms with E-state index in [2.05, 4.69) is 15.0 Å². The fraction of sp³-hybridized carbons (Fsp3) is 0.433. The number of amides is 1. The molecule has 44 heavy (non-hydrogen) atoms. The van der Waals surface area contributed by atoms with E-state index >= 15 is 0 Å². The van der Waals surface area contributed by atoms with Gasteiger partial charge in [-0.25, -0.2) is 13.4 Å². The molecule has 0 saturated carbocycles. The highest BCUT2D eigenvalue weighted by Gasteiger charge is 2.38. The Morgan fingerprint density at radius 3 is 2.48 bits per heavy atom. The van der Waals surface area contributed by atoms with Crippen LogP contribution < -0.4 is 20.5 Å². The summed E-state index contributed by atoms with van der Waals surface area (Å²) < 4.78 is 35.8. The number of nitrogens with zero attached hydrogens (tertiary/aromatic N) is 3. The second-order valence-corrected chi connectivity index (χ2v) is 13.7. The van der Waals surface area contributed by atoms with Gasteiger partial charge in [0.15, 0.2) is 5.96 Å². The summed E-state index contributed by atoms with van der Waals surface area (Å²) in [4.78, 5) is 21.3. The molecular formula is C30H39Cl2N7O4S. The third-order valence-electron chi connectivity index (χ3n) is 7.43. The lowest BCUT2D eigenvalue weighted by atomic mass is 10.0. The molecule has 0 radical (unpaired) electrons. The molecule has 238 valence electrons. The van der Waals surface area contributed by atoms with Crippen LogP contribution in [0.3, 0.4) is 0 Å². The smallest absolute Gasteiger partial charge is 0.243 e. The standard InChI is InChI=1S/C30H39Cl2N7O4S/c1-19-17-20(2)36-27-21(19)7-5-8-24(27)43-18-22-23(31)9-10-25(26(22)32)44(41,42)37-30(3,4)28(40)38-13-15-39(16-14-38)29(34)35-12-6-11-33/h5,7-10,17,37H,6,11-16,18,33H2,1-4H3,(H2,34,35). The Morgan fingerprint density at radius 2 is 1.80 bits per heavy atom. The van der Waals surface area contributed by atoms with Crippen LogP contribution in [0.1, 0.15) is 37.1 Å². The fourth-order valence-corrected chi connectivity index (χ4v) is 7.38. The number of benzene rings is 2. The van der Waals surface area contributed by atoms with Gasteiger partial charge < -0.3 is 25.6 Å². The van der Waals surface area contributed by atoms with Gasteiger partial charge in [-0.15, -0.1) is 0 Å². The van der Waals surface area contributed by atoms with E-state index in [0.29, 0.717) is 56.1 Å². The molecule has 1 fully saturated rings. The van der Waals surface area contributed by atoms with Crippen molar-refractivity contribution in [1.82, 2.24) is 24.8 Å². The van der Waals surface area contributed by atoms with Crippen molar-refractivity contribution in [3.05, 3.63) is 63.3 Å². The van der Waals surface area contributed by atoms with Crippen molar-refractivity contribution in [3.63, 3.8) is 0 Å². The number of nitrogens with two attached hydrogens (primary N) is 1. The van der Waals surface area contributed by atoms with E-state index in [0.717, 1.165) is 23.1 Å². The van der Waals surface area contributed by atoms with Crippen LogP contribution in [0.5, 0.6) is 5.75 Å². The second-order valence-electron chi connectivity index (χ2n) is 11.3. The number of fused-ring (bicyclic) bond motifs is 1. The number of pyridine rings is 1. The molecule has 0 unspecified atom stereocenters. The lowest BCUT2D eigenvalue weighted by molar-refractivity contribution is -0.137. The van der Waals surface area contributed by atoms with Crippen LogP contribution in [0, 0.1) is 19.3 Å². The molecule has 4 rings (SSSR count). The van der Waals surface area contributed by atoms with Crippen LogP contribution in [0.4, 0.5) is 0 Å². The van der Waals surface area contributed by atoms with Gasteiger partial charge in [0.2, 0.25) is 15.9 Å². The lowest BCUT2D eigenvalue weighted by Gasteiger charge is -2.39. The number of rotatable bonds is 10. The zero-order valence-electron chi connectivity index (χ0n) is 25.3. The van der Waals surface area contributed by atoms with Gasteiger partial charge in [0, 0.05) is 54.4 Å². The molecule has 11 nitrogen and oxygen atoms in total. The maximum Gasteiger partial charge on any atom is 0.243 e. The summed E-state index contributed by atoms with van der Waals surface area (Å²) in [6.07, 6.45) is 0.752. The van der Waals surface area contributed by atoms with Gasteiger partial charge in [-0.2, -0.15) is 4.72 Å². The number of hydrogen-bond acceptors (Lipinski definition) is 7. The number of sulfonamides is 1. The number of guanidine groups is 1. The monoisotopic (exact) mass is 663 g/mol. The van der Waals surface area contributed by atoms with Crippen LogP contribution in [-0.2, 0) is 21.4 Å². The van der Waals surface area contributed by atoms with E-state index in [1.807, 2.05) is 36.9 Å². The molecular weight excluding hydrogens is 625 g/mol. The van der Waals surface area contributed by atoms with Crippen LogP contribution >= 0.6 is 23.2 Å². The molecule has 1 saturated heterocycles. The van der Waals surface area contributed by atoms with E-state index in [4.69, 9.17) is 39.1 Å². The van der Waals surface area contributed by atoms with Crippen molar-refractivity contribution < 1.29 is 17.9 Å². The third kappa shape index (κ3) is 7.55. The number of para-hydroxylation sites is 1. The van der Waals surface area contributed by atoms with E-state index in [-0.39, 0.29) is 33.4 Å². The molecule has 0 bridgehead atoms. The average Bonchev–Trinajstić information content (AvgIpc) is 2.96. The zero-order valence-corrected chi connectivity index (χ0v) is 27.7. The van der Waals surface area contributed by atoms with Crippen molar-refractivity contribution in [2.24, 2.45) is 5.73 Å². The Hall–Kier alpha value is -3.16. The Labute approximate surface area is 268 Å². The molecule has 0 atom stereocenters. The quantitative estimate of drug-likeness (QED) is 0.145. The maximum absolute atomic E-state index is 13.6. The molecule has 1 amide bonds. The highest BCUT2D eigenvalue weighted by Crippen LogP contribution is 2.34. The Morgan fingerprint density at radius 1 is 1.11 bits per heavy atom. The predicted molar refractivity (Wildman–Crippen MR) is 174 cm³/mol. The van der Waals surface area contributed by atoms with Crippen molar-refractivity contribution in [1.29, 1.82) is 5.41 Å². The molecule has 14 heteroatoms. The van der Waals surface area contributed by atoms with Gasteiger partial charge in [-0.05, 0) is 70.5 Å². The molecule has 1 aromatic heterocycles. The Bertz CT molecular complexity index is 1660. The van der Waals surface area contributed by atoms with E-state index in [9.17, 15) is 13.2 Å². The van der Waals surface area contributed by atoms with Gasteiger partial charge >= 0.3 is 0 Å². The highest BCUT2D eigenvalue weighted by molar-refractivity contribution is 7.89. The van der Waals surface area contributed by atoms with E-state index in [1.165, 1.54) is 26.0 Å². The summed E-state index contributed by atoms with van der Waals surface area (Å²) >= 11 is 13.1. The molecule has 2 aromatic carbocycles. The number of carbonyl (C=O) groups excluding carboxylic acids is 1. The van der Waals surface area contributed by atoms with Gasteiger partial charge in [-0.3, -0.25) is 10.2 Å². The first-order valence-corrected chi connectivity index (χ1v) is 16.6. The SMILES string of the molecule is Cc1cc(C)c2cccc(OCc3c(Cl)ccc(S(=O)(=O)NC(C)(C)C(=O)N4CCN(C(=N)NCCCN)CC4)c3Cl)c2n1. The number of carbonyl (C=O) groups is 1. The fourth-order valence-electron chi connectivity index (χ4n) is 5.12. The van der Waals surface area contributed by atoms with Crippen molar-refractivity contribution in [2.75, 3.05) is 39.3 Å². The van der Waals surface area contributed by atoms with Gasteiger partial charge in [0.05, 0.1) is 5.02 Å². The Kier molecular flexibility index (Phi) is 10.6. The zero-order chi connectivity index (χ0) is 32.2. The predicted octanol–water partition coefficient (Wildman–Crippen LogP) is 3.81. The van der Waals surface area contributed by atoms with Gasteiger partial charge in [-0.1, -0.05) is 35.3 Å². The highest BCUT2D eigenvalue weighted by atomic mass is 35.5. The number of hydrogen-bond donors (Lipinski definition) is 4. The van der Waals surface area contributed by atoms with E-state index < -0.39 is 15.6 Å². The molecule has 1 aliphatic heterocycles. The minimum atomic E-state index is -4.26. The average molecular weight is 665 g/mol. The molecule has 5 N–H and O–H groups in total. The van der Waals surface area contributed by atoms with Crippen LogP contribution in [0.25, 0.3) is 10.9 Å². The number of ether oxygens (including phenoxy) is 1. The normalized spacial score (nSPS) is 14.2. The number of piperazine rings is 1. The minimum Gasteiger partial charge on any atom is -0.487 e. The van der Waals surface area contributed by atoms with Crippen molar-refractivity contribution >= 4 is 56.0 Å².